The Hall–Kier alpha value is -1.00. The summed E-state index contributed by atoms with van der Waals surface area (Å²) in [6.45, 7) is 6.64. The van der Waals surface area contributed by atoms with E-state index in [0.717, 1.165) is 24.8 Å². The molecular weight excluding hydrogens is 248 g/mol. The third-order valence-corrected chi connectivity index (χ3v) is 3.69. The number of anilines is 2. The van der Waals surface area contributed by atoms with Gasteiger partial charge in [-0.05, 0) is 37.9 Å². The first-order valence-corrected chi connectivity index (χ1v) is 6.90. The van der Waals surface area contributed by atoms with Crippen LogP contribution in [0.25, 0.3) is 0 Å². The van der Waals surface area contributed by atoms with E-state index in [1.807, 2.05) is 0 Å². The lowest BCUT2D eigenvalue weighted by molar-refractivity contribution is 0.199. The summed E-state index contributed by atoms with van der Waals surface area (Å²) in [4.78, 5) is 6.67. The standard InChI is InChI=1S/C13H21ClN4/c1-10-2-5-18(6-3-10)7-4-16-13-12(15)8-11(14)9-17-13/h8-10H,2-7,15H2,1H3,(H,16,17). The molecule has 3 N–H and O–H groups in total. The van der Waals surface area contributed by atoms with Crippen molar-refractivity contribution in [3.05, 3.63) is 17.3 Å². The molecule has 0 bridgehead atoms. The van der Waals surface area contributed by atoms with Crippen molar-refractivity contribution in [3.63, 3.8) is 0 Å². The molecule has 1 aromatic rings. The third-order valence-electron chi connectivity index (χ3n) is 3.48. The summed E-state index contributed by atoms with van der Waals surface area (Å²) in [5, 5.41) is 3.83. The molecule has 1 fully saturated rings. The average molecular weight is 269 g/mol. The first kappa shape index (κ1) is 13.4. The van der Waals surface area contributed by atoms with Gasteiger partial charge >= 0.3 is 0 Å². The lowest BCUT2D eigenvalue weighted by Gasteiger charge is -2.30. The Bertz CT molecular complexity index is 389. The van der Waals surface area contributed by atoms with Gasteiger partial charge in [0.25, 0.3) is 0 Å². The maximum absolute atomic E-state index is 5.84. The van der Waals surface area contributed by atoms with Crippen molar-refractivity contribution in [3.8, 4) is 0 Å². The summed E-state index contributed by atoms with van der Waals surface area (Å²) in [5.41, 5.74) is 6.44. The van der Waals surface area contributed by atoms with E-state index in [2.05, 4.69) is 22.1 Å². The molecule has 5 heteroatoms. The quantitative estimate of drug-likeness (QED) is 0.881. The van der Waals surface area contributed by atoms with Gasteiger partial charge in [-0.15, -0.1) is 0 Å². The summed E-state index contributed by atoms with van der Waals surface area (Å²) >= 11 is 5.81. The highest BCUT2D eigenvalue weighted by Crippen LogP contribution is 2.19. The van der Waals surface area contributed by atoms with Crippen molar-refractivity contribution in [1.82, 2.24) is 9.88 Å². The van der Waals surface area contributed by atoms with Crippen molar-refractivity contribution in [1.29, 1.82) is 0 Å². The Morgan fingerprint density at radius 1 is 1.50 bits per heavy atom. The van der Waals surface area contributed by atoms with Crippen LogP contribution in [0.2, 0.25) is 5.02 Å². The number of rotatable bonds is 4. The van der Waals surface area contributed by atoms with Gasteiger partial charge in [-0.1, -0.05) is 18.5 Å². The van der Waals surface area contributed by atoms with E-state index in [-0.39, 0.29) is 0 Å². The van der Waals surface area contributed by atoms with Gasteiger partial charge in [0.15, 0.2) is 0 Å². The van der Waals surface area contributed by atoms with E-state index in [1.54, 1.807) is 12.3 Å². The second kappa shape index (κ2) is 6.25. The zero-order chi connectivity index (χ0) is 13.0. The van der Waals surface area contributed by atoms with Crippen molar-refractivity contribution < 1.29 is 0 Å². The molecular formula is C13H21ClN4. The molecule has 0 spiro atoms. The molecule has 0 aliphatic carbocycles. The molecule has 4 nitrogen and oxygen atoms in total. The number of aromatic nitrogens is 1. The highest BCUT2D eigenvalue weighted by molar-refractivity contribution is 6.30. The monoisotopic (exact) mass is 268 g/mol. The molecule has 1 aliphatic rings. The van der Waals surface area contributed by atoms with Gasteiger partial charge in [0, 0.05) is 19.3 Å². The largest absolute Gasteiger partial charge is 0.396 e. The van der Waals surface area contributed by atoms with E-state index < -0.39 is 0 Å². The van der Waals surface area contributed by atoms with Crippen LogP contribution >= 0.6 is 11.6 Å². The number of halogens is 1. The molecule has 0 amide bonds. The zero-order valence-electron chi connectivity index (χ0n) is 10.8. The Balaban J connectivity index is 1.75. The molecule has 0 unspecified atom stereocenters. The van der Waals surface area contributed by atoms with Gasteiger partial charge in [-0.2, -0.15) is 0 Å². The number of hydrogen-bond acceptors (Lipinski definition) is 4. The number of nitrogens with one attached hydrogen (secondary N) is 1. The Labute approximate surface area is 114 Å². The number of nitrogens with two attached hydrogens (primary N) is 1. The van der Waals surface area contributed by atoms with Gasteiger partial charge in [-0.25, -0.2) is 4.98 Å². The van der Waals surface area contributed by atoms with Crippen molar-refractivity contribution in [2.45, 2.75) is 19.8 Å². The highest BCUT2D eigenvalue weighted by Gasteiger charge is 2.14. The summed E-state index contributed by atoms with van der Waals surface area (Å²) in [6, 6.07) is 1.72. The van der Waals surface area contributed by atoms with Gasteiger partial charge in [0.2, 0.25) is 0 Å². The van der Waals surface area contributed by atoms with E-state index in [9.17, 15) is 0 Å². The van der Waals surface area contributed by atoms with Crippen LogP contribution in [-0.2, 0) is 0 Å². The maximum atomic E-state index is 5.84. The smallest absolute Gasteiger partial charge is 0.149 e. The number of nitrogen functional groups attached to an aromatic ring is 1. The van der Waals surface area contributed by atoms with E-state index in [1.165, 1.54) is 25.9 Å². The normalized spacial score (nSPS) is 17.9. The van der Waals surface area contributed by atoms with Gasteiger partial charge < -0.3 is 16.0 Å². The highest BCUT2D eigenvalue weighted by atomic mass is 35.5. The Morgan fingerprint density at radius 3 is 2.89 bits per heavy atom. The van der Waals surface area contributed by atoms with Crippen molar-refractivity contribution in [2.24, 2.45) is 5.92 Å². The molecule has 2 heterocycles. The lowest BCUT2D eigenvalue weighted by Crippen LogP contribution is -2.36. The van der Waals surface area contributed by atoms with Gasteiger partial charge in [0.05, 0.1) is 10.7 Å². The minimum absolute atomic E-state index is 0.572. The second-order valence-corrected chi connectivity index (χ2v) is 5.48. The van der Waals surface area contributed by atoms with E-state index in [4.69, 9.17) is 17.3 Å². The van der Waals surface area contributed by atoms with Crippen LogP contribution < -0.4 is 11.1 Å². The van der Waals surface area contributed by atoms with Gasteiger partial charge in [0.1, 0.15) is 5.82 Å². The zero-order valence-corrected chi connectivity index (χ0v) is 11.6. The van der Waals surface area contributed by atoms with Gasteiger partial charge in [-0.3, -0.25) is 0 Å². The van der Waals surface area contributed by atoms with E-state index >= 15 is 0 Å². The molecule has 18 heavy (non-hydrogen) atoms. The maximum Gasteiger partial charge on any atom is 0.149 e. The fraction of sp³-hybridized carbons (Fsp3) is 0.615. The van der Waals surface area contributed by atoms with Crippen LogP contribution in [0.15, 0.2) is 12.3 Å². The molecule has 0 aromatic carbocycles. The number of nitrogens with zero attached hydrogens (tertiary/aromatic N) is 2. The molecule has 2 rings (SSSR count). The summed E-state index contributed by atoms with van der Waals surface area (Å²) < 4.78 is 0. The number of pyridine rings is 1. The van der Waals surface area contributed by atoms with Crippen LogP contribution in [0.1, 0.15) is 19.8 Å². The molecule has 1 saturated heterocycles. The van der Waals surface area contributed by atoms with Crippen LogP contribution in [-0.4, -0.2) is 36.1 Å². The van der Waals surface area contributed by atoms with Crippen LogP contribution in [0, 0.1) is 5.92 Å². The fourth-order valence-corrected chi connectivity index (χ4v) is 2.39. The minimum Gasteiger partial charge on any atom is -0.396 e. The predicted molar refractivity (Wildman–Crippen MR) is 77.0 cm³/mol. The van der Waals surface area contributed by atoms with Crippen LogP contribution in [0.3, 0.4) is 0 Å². The van der Waals surface area contributed by atoms with Crippen LogP contribution in [0.5, 0.6) is 0 Å². The second-order valence-electron chi connectivity index (χ2n) is 5.04. The number of likely N-dealkylation sites (tertiary alicyclic amines) is 1. The topological polar surface area (TPSA) is 54.2 Å². The molecule has 0 radical (unpaired) electrons. The first-order chi connectivity index (χ1) is 8.65. The van der Waals surface area contributed by atoms with E-state index in [0.29, 0.717) is 10.7 Å². The summed E-state index contributed by atoms with van der Waals surface area (Å²) in [7, 11) is 0. The predicted octanol–water partition coefficient (Wildman–Crippen LogP) is 2.46. The Morgan fingerprint density at radius 2 is 2.22 bits per heavy atom. The average Bonchev–Trinajstić information content (AvgIpc) is 2.34. The summed E-state index contributed by atoms with van der Waals surface area (Å²) in [5.74, 6) is 1.60. The molecule has 0 saturated carbocycles. The lowest BCUT2D eigenvalue weighted by atomic mass is 9.99. The minimum atomic E-state index is 0.572. The molecule has 1 aliphatic heterocycles. The SMILES string of the molecule is CC1CCN(CCNc2ncc(Cl)cc2N)CC1. The third kappa shape index (κ3) is 3.75. The van der Waals surface area contributed by atoms with Crippen LogP contribution in [0.4, 0.5) is 11.5 Å². The number of piperidine rings is 1. The van der Waals surface area contributed by atoms with Crippen molar-refractivity contribution >= 4 is 23.1 Å². The molecule has 1 aromatic heterocycles. The Kier molecular flexibility index (Phi) is 4.66. The fourth-order valence-electron chi connectivity index (χ4n) is 2.22. The van der Waals surface area contributed by atoms with Crippen molar-refractivity contribution in [2.75, 3.05) is 37.2 Å². The number of hydrogen-bond donors (Lipinski definition) is 2. The molecule has 0 atom stereocenters. The molecule has 100 valence electrons. The summed E-state index contributed by atoms with van der Waals surface area (Å²) in [6.07, 6.45) is 4.23. The first-order valence-electron chi connectivity index (χ1n) is 6.52.